The van der Waals surface area contributed by atoms with Crippen LogP contribution in [0.25, 0.3) is 0 Å². The molecule has 0 N–H and O–H groups in total. The number of benzene rings is 1. The molecule has 7 heteroatoms. The number of hydrogen-bond acceptors (Lipinski definition) is 5. The second-order valence-corrected chi connectivity index (χ2v) is 7.86. The smallest absolute Gasteiger partial charge is 0.254 e. The molecule has 4 unspecified atom stereocenters. The summed E-state index contributed by atoms with van der Waals surface area (Å²) >= 11 is 2.17. The zero-order valence-corrected chi connectivity index (χ0v) is 16.7. The predicted molar refractivity (Wildman–Crippen MR) is 104 cm³/mol. The molecule has 1 aliphatic heterocycles. The molecule has 2 bridgehead atoms. The number of ether oxygens (including phenoxy) is 2. The molecule has 0 aromatic heterocycles. The Morgan fingerprint density at radius 3 is 2.46 bits per heavy atom. The van der Waals surface area contributed by atoms with Crippen molar-refractivity contribution >= 4 is 40.6 Å². The molecule has 4 rings (SSSR count). The minimum Gasteiger partial charge on any atom is -0.493 e. The van der Waals surface area contributed by atoms with Gasteiger partial charge in [0.2, 0.25) is 0 Å². The lowest BCUT2D eigenvalue weighted by atomic mass is 9.85. The second kappa shape index (κ2) is 6.68. The fourth-order valence-corrected chi connectivity index (χ4v) is 5.00. The van der Waals surface area contributed by atoms with E-state index in [4.69, 9.17) is 9.47 Å². The van der Waals surface area contributed by atoms with Gasteiger partial charge in [-0.1, -0.05) is 12.2 Å². The maximum atomic E-state index is 12.6. The van der Waals surface area contributed by atoms with Gasteiger partial charge in [0.1, 0.15) is 0 Å². The van der Waals surface area contributed by atoms with Crippen LogP contribution >= 0.6 is 22.6 Å². The third kappa shape index (κ3) is 2.64. The molecule has 1 saturated heterocycles. The van der Waals surface area contributed by atoms with E-state index in [1.54, 1.807) is 13.2 Å². The first kappa shape index (κ1) is 17.5. The number of imide groups is 1. The number of carbonyl (C=O) groups excluding carboxylic acids is 2. The van der Waals surface area contributed by atoms with Gasteiger partial charge in [0.25, 0.3) is 11.8 Å². The Morgan fingerprint density at radius 1 is 1.23 bits per heavy atom. The third-order valence-electron chi connectivity index (χ3n) is 5.31. The summed E-state index contributed by atoms with van der Waals surface area (Å²) in [7, 11) is 1.58. The van der Waals surface area contributed by atoms with Gasteiger partial charge in [0, 0.05) is 0 Å². The van der Waals surface area contributed by atoms with Crippen LogP contribution in [0.5, 0.6) is 11.5 Å². The quantitative estimate of drug-likeness (QED) is 0.290. The molecule has 2 fully saturated rings. The topological polar surface area (TPSA) is 68.2 Å². The maximum absolute atomic E-state index is 12.6. The Balaban J connectivity index is 1.58. The van der Waals surface area contributed by atoms with Gasteiger partial charge >= 0.3 is 0 Å². The van der Waals surface area contributed by atoms with Crippen molar-refractivity contribution in [2.45, 2.75) is 13.3 Å². The summed E-state index contributed by atoms with van der Waals surface area (Å²) in [5.41, 5.74) is 0.744. The van der Waals surface area contributed by atoms with Crippen LogP contribution < -0.4 is 9.47 Å². The summed E-state index contributed by atoms with van der Waals surface area (Å²) < 4.78 is 11.9. The van der Waals surface area contributed by atoms with Gasteiger partial charge in [-0.05, 0) is 65.5 Å². The van der Waals surface area contributed by atoms with E-state index >= 15 is 0 Å². The molecule has 0 radical (unpaired) electrons. The van der Waals surface area contributed by atoms with Crippen molar-refractivity contribution in [3.05, 3.63) is 33.4 Å². The van der Waals surface area contributed by atoms with E-state index in [1.807, 2.05) is 13.0 Å². The van der Waals surface area contributed by atoms with Gasteiger partial charge in [-0.3, -0.25) is 9.59 Å². The number of rotatable bonds is 5. The number of hydrogen-bond donors (Lipinski definition) is 0. The lowest BCUT2D eigenvalue weighted by molar-refractivity contribution is -0.140. The van der Waals surface area contributed by atoms with Crippen LogP contribution in [-0.2, 0) is 9.59 Å². The lowest BCUT2D eigenvalue weighted by Crippen LogP contribution is -2.28. The molecular weight excluding hydrogens is 447 g/mol. The number of methoxy groups -OCH3 is 1. The standard InChI is InChI=1S/C19H19IN2O4/c1-3-26-17-13(20)6-10(7-14(17)25-2)9-21-22-18(23)15-11-4-5-12(8-11)16(15)19(22)24/h4-7,9,11-12,15-16H,3,8H2,1-2H3. The van der Waals surface area contributed by atoms with Gasteiger partial charge in [-0.15, -0.1) is 0 Å². The number of nitrogens with zero attached hydrogens (tertiary/aromatic N) is 2. The van der Waals surface area contributed by atoms with Crippen LogP contribution in [0.1, 0.15) is 18.9 Å². The summed E-state index contributed by atoms with van der Waals surface area (Å²) in [5.74, 6) is 0.827. The summed E-state index contributed by atoms with van der Waals surface area (Å²) in [5, 5.41) is 5.26. The molecular formula is C19H19IN2O4. The van der Waals surface area contributed by atoms with E-state index in [9.17, 15) is 9.59 Å². The minimum atomic E-state index is -0.232. The number of fused-ring (bicyclic) bond motifs is 5. The Morgan fingerprint density at radius 2 is 1.88 bits per heavy atom. The van der Waals surface area contributed by atoms with E-state index in [2.05, 4.69) is 39.8 Å². The second-order valence-electron chi connectivity index (χ2n) is 6.70. The van der Waals surface area contributed by atoms with Gasteiger partial charge in [-0.2, -0.15) is 10.1 Å². The molecule has 6 nitrogen and oxygen atoms in total. The first-order valence-electron chi connectivity index (χ1n) is 8.65. The molecule has 0 spiro atoms. The van der Waals surface area contributed by atoms with Crippen molar-refractivity contribution in [1.82, 2.24) is 5.01 Å². The SMILES string of the molecule is CCOc1c(I)cc(C=NN2C(=O)C3C4C=CC(C4)C3C2=O)cc1OC. The summed E-state index contributed by atoms with van der Waals surface area (Å²) in [4.78, 5) is 25.3. The Bertz CT molecular complexity index is 805. The van der Waals surface area contributed by atoms with E-state index in [0.29, 0.717) is 18.1 Å². The first-order chi connectivity index (χ1) is 12.5. The van der Waals surface area contributed by atoms with Crippen molar-refractivity contribution in [3.8, 4) is 11.5 Å². The predicted octanol–water partition coefficient (Wildman–Crippen LogP) is 2.84. The zero-order chi connectivity index (χ0) is 18.4. The first-order valence-corrected chi connectivity index (χ1v) is 9.73. The van der Waals surface area contributed by atoms with Gasteiger partial charge in [0.05, 0.1) is 35.3 Å². The number of allylic oxidation sites excluding steroid dienone is 2. The van der Waals surface area contributed by atoms with E-state index in [0.717, 1.165) is 20.6 Å². The van der Waals surface area contributed by atoms with Gasteiger partial charge < -0.3 is 9.47 Å². The highest BCUT2D eigenvalue weighted by Crippen LogP contribution is 2.52. The maximum Gasteiger partial charge on any atom is 0.254 e. The molecule has 1 heterocycles. The largest absolute Gasteiger partial charge is 0.493 e. The van der Waals surface area contributed by atoms with Crippen molar-refractivity contribution < 1.29 is 19.1 Å². The molecule has 2 aliphatic carbocycles. The molecule has 1 saturated carbocycles. The van der Waals surface area contributed by atoms with Crippen molar-refractivity contribution in [2.75, 3.05) is 13.7 Å². The van der Waals surface area contributed by atoms with Crippen molar-refractivity contribution in [2.24, 2.45) is 28.8 Å². The van der Waals surface area contributed by atoms with E-state index < -0.39 is 0 Å². The lowest BCUT2D eigenvalue weighted by Gasteiger charge is -2.13. The molecule has 136 valence electrons. The van der Waals surface area contributed by atoms with Crippen LogP contribution in [0, 0.1) is 27.2 Å². The van der Waals surface area contributed by atoms with Crippen LogP contribution in [-0.4, -0.2) is 36.8 Å². The van der Waals surface area contributed by atoms with Crippen LogP contribution in [0.4, 0.5) is 0 Å². The fourth-order valence-electron chi connectivity index (χ4n) is 4.22. The minimum absolute atomic E-state index is 0.180. The van der Waals surface area contributed by atoms with Crippen LogP contribution in [0.2, 0.25) is 0 Å². The summed E-state index contributed by atoms with van der Waals surface area (Å²) in [6.45, 7) is 2.45. The van der Waals surface area contributed by atoms with Gasteiger partial charge in [-0.25, -0.2) is 0 Å². The average Bonchev–Trinajstić information content (AvgIpc) is 3.30. The molecule has 26 heavy (non-hydrogen) atoms. The number of halogens is 1. The molecule has 2 amide bonds. The van der Waals surface area contributed by atoms with Crippen LogP contribution in [0.3, 0.4) is 0 Å². The summed E-state index contributed by atoms with van der Waals surface area (Å²) in [6.07, 6.45) is 6.60. The molecule has 3 aliphatic rings. The van der Waals surface area contributed by atoms with Crippen LogP contribution in [0.15, 0.2) is 29.4 Å². The zero-order valence-electron chi connectivity index (χ0n) is 14.5. The Kier molecular flexibility index (Phi) is 4.50. The van der Waals surface area contributed by atoms with E-state index in [-0.39, 0.29) is 35.5 Å². The monoisotopic (exact) mass is 466 g/mol. The van der Waals surface area contributed by atoms with E-state index in [1.165, 1.54) is 6.21 Å². The highest BCUT2D eigenvalue weighted by Gasteiger charge is 2.59. The highest BCUT2D eigenvalue weighted by atomic mass is 127. The number of hydrazone groups is 1. The summed E-state index contributed by atoms with van der Waals surface area (Å²) in [6, 6.07) is 3.67. The molecule has 1 aromatic carbocycles. The Hall–Kier alpha value is -1.90. The Labute approximate surface area is 165 Å². The third-order valence-corrected chi connectivity index (χ3v) is 6.11. The number of amides is 2. The fraction of sp³-hybridized carbons (Fsp3) is 0.421. The van der Waals surface area contributed by atoms with Crippen molar-refractivity contribution in [1.29, 1.82) is 0 Å². The van der Waals surface area contributed by atoms with Crippen molar-refractivity contribution in [3.63, 3.8) is 0 Å². The molecule has 1 aromatic rings. The highest BCUT2D eigenvalue weighted by molar-refractivity contribution is 14.1. The normalized spacial score (nSPS) is 29.1. The van der Waals surface area contributed by atoms with Gasteiger partial charge in [0.15, 0.2) is 11.5 Å². The molecule has 4 atom stereocenters. The number of carbonyl (C=O) groups is 2. The average molecular weight is 466 g/mol.